The van der Waals surface area contributed by atoms with E-state index in [1.165, 1.54) is 0 Å². The van der Waals surface area contributed by atoms with Crippen LogP contribution in [0.1, 0.15) is 33.9 Å². The Labute approximate surface area is 351 Å². The minimum absolute atomic E-state index is 0.0482. The van der Waals surface area contributed by atoms with E-state index in [4.69, 9.17) is 38.9 Å². The minimum atomic E-state index is 0.0482. The molecule has 0 amide bonds. The van der Waals surface area contributed by atoms with E-state index in [9.17, 15) is 0 Å². The van der Waals surface area contributed by atoms with Gasteiger partial charge in [-0.2, -0.15) is 0 Å². The molecule has 10 heteroatoms. The molecule has 8 aromatic rings. The zero-order chi connectivity index (χ0) is 40.9. The summed E-state index contributed by atoms with van der Waals surface area (Å²) in [6, 6.07) is 45.5. The highest BCUT2D eigenvalue weighted by Gasteiger charge is 2.27. The molecule has 302 valence electrons. The standard InChI is InChI=1S/C50H48N6O4/c1-57-35-59-49-39(29-55(31-41-17-7-11-23-51-41)32-42-18-8-12-24-52-42)27-37-15-3-5-21-45(37)47(49)48-46-22-6-4-16-38(46)28-40(50(48)60-36-58-2)30-56(33-43-19-9-13-25-53-43)34-44-20-10-14-26-54-44/h3-28H,29-36H2,1-2H3. The highest BCUT2D eigenvalue weighted by molar-refractivity contribution is 6.10. The van der Waals surface area contributed by atoms with E-state index in [2.05, 4.69) is 94.7 Å². The van der Waals surface area contributed by atoms with E-state index in [0.717, 1.165) is 66.6 Å². The molecule has 0 unspecified atom stereocenters. The van der Waals surface area contributed by atoms with Gasteiger partial charge in [0.1, 0.15) is 11.5 Å². The Hall–Kier alpha value is -6.56. The van der Waals surface area contributed by atoms with Gasteiger partial charge in [0.2, 0.25) is 0 Å². The average Bonchev–Trinajstić information content (AvgIpc) is 3.28. The summed E-state index contributed by atoms with van der Waals surface area (Å²) in [7, 11) is 3.30. The molecule has 0 saturated heterocycles. The van der Waals surface area contributed by atoms with Crippen LogP contribution in [0.25, 0.3) is 32.7 Å². The SMILES string of the molecule is COCOc1c(CN(Cc2ccccn2)Cc2ccccn2)cc2ccccc2c1-c1c(OCOC)c(CN(Cc2ccccn2)Cc2ccccn2)cc2ccccc12. The molecule has 4 aromatic carbocycles. The van der Waals surface area contributed by atoms with Gasteiger partial charge in [0.05, 0.1) is 22.8 Å². The zero-order valence-corrected chi connectivity index (χ0v) is 34.0. The molecule has 0 atom stereocenters. The van der Waals surface area contributed by atoms with Crippen LogP contribution < -0.4 is 9.47 Å². The van der Waals surface area contributed by atoms with Crippen LogP contribution in [0.2, 0.25) is 0 Å². The van der Waals surface area contributed by atoms with Crippen LogP contribution in [0.5, 0.6) is 11.5 Å². The zero-order valence-electron chi connectivity index (χ0n) is 34.0. The number of nitrogens with zero attached hydrogens (tertiary/aromatic N) is 6. The Morgan fingerprint density at radius 2 is 0.733 bits per heavy atom. The average molecular weight is 797 g/mol. The van der Waals surface area contributed by atoms with Gasteiger partial charge in [0, 0.05) is 101 Å². The summed E-state index contributed by atoms with van der Waals surface area (Å²) in [5, 5.41) is 4.19. The maximum atomic E-state index is 6.77. The quantitative estimate of drug-likeness (QED) is 0.0737. The fourth-order valence-electron chi connectivity index (χ4n) is 7.77. The van der Waals surface area contributed by atoms with Gasteiger partial charge in [0.15, 0.2) is 13.6 Å². The molecule has 0 aliphatic carbocycles. The van der Waals surface area contributed by atoms with Crippen molar-refractivity contribution in [2.75, 3.05) is 27.8 Å². The third-order valence-corrected chi connectivity index (χ3v) is 10.3. The van der Waals surface area contributed by atoms with Crippen LogP contribution >= 0.6 is 0 Å². The Bertz CT molecular complexity index is 2330. The molecule has 60 heavy (non-hydrogen) atoms. The first-order valence-electron chi connectivity index (χ1n) is 20.0. The van der Waals surface area contributed by atoms with E-state index in [0.29, 0.717) is 50.8 Å². The summed E-state index contributed by atoms with van der Waals surface area (Å²) < 4.78 is 24.8. The Morgan fingerprint density at radius 3 is 1.05 bits per heavy atom. The van der Waals surface area contributed by atoms with Crippen LogP contribution in [-0.4, -0.2) is 57.5 Å². The van der Waals surface area contributed by atoms with E-state index in [1.807, 2.05) is 73.3 Å². The fraction of sp³-hybridized carbons (Fsp3) is 0.200. The lowest BCUT2D eigenvalue weighted by Gasteiger charge is -2.28. The van der Waals surface area contributed by atoms with Crippen LogP contribution in [-0.2, 0) is 48.7 Å². The van der Waals surface area contributed by atoms with Crippen molar-refractivity contribution >= 4 is 21.5 Å². The summed E-state index contributed by atoms with van der Waals surface area (Å²) in [6.45, 7) is 3.59. The molecule has 0 aliphatic rings. The Morgan fingerprint density at radius 1 is 0.400 bits per heavy atom. The van der Waals surface area contributed by atoms with Crippen LogP contribution in [0.4, 0.5) is 0 Å². The van der Waals surface area contributed by atoms with Crippen molar-refractivity contribution in [1.29, 1.82) is 0 Å². The highest BCUT2D eigenvalue weighted by atomic mass is 16.7. The van der Waals surface area contributed by atoms with Gasteiger partial charge >= 0.3 is 0 Å². The molecule has 0 aliphatic heterocycles. The van der Waals surface area contributed by atoms with Gasteiger partial charge in [-0.1, -0.05) is 72.8 Å². The first-order chi connectivity index (χ1) is 29.7. The van der Waals surface area contributed by atoms with E-state index in [-0.39, 0.29) is 13.6 Å². The van der Waals surface area contributed by atoms with Crippen molar-refractivity contribution in [2.24, 2.45) is 0 Å². The van der Waals surface area contributed by atoms with Crippen molar-refractivity contribution in [3.05, 3.63) is 192 Å². The molecule has 0 saturated carbocycles. The smallest absolute Gasteiger partial charge is 0.188 e. The molecule has 0 N–H and O–H groups in total. The van der Waals surface area contributed by atoms with Crippen molar-refractivity contribution in [3.8, 4) is 22.6 Å². The molecule has 0 spiro atoms. The number of hydrogen-bond acceptors (Lipinski definition) is 10. The predicted octanol–water partition coefficient (Wildman–Crippen LogP) is 9.61. The molecule has 10 nitrogen and oxygen atoms in total. The maximum Gasteiger partial charge on any atom is 0.188 e. The first kappa shape index (κ1) is 40.2. The Balaban J connectivity index is 1.33. The Kier molecular flexibility index (Phi) is 13.4. The number of fused-ring (bicyclic) bond motifs is 2. The van der Waals surface area contributed by atoms with Crippen LogP contribution in [0.3, 0.4) is 0 Å². The van der Waals surface area contributed by atoms with Crippen LogP contribution in [0.15, 0.2) is 158 Å². The number of rotatable bonds is 19. The largest absolute Gasteiger partial charge is 0.467 e. The number of hydrogen-bond donors (Lipinski definition) is 0. The van der Waals surface area contributed by atoms with Crippen molar-refractivity contribution in [3.63, 3.8) is 0 Å². The highest BCUT2D eigenvalue weighted by Crippen LogP contribution is 2.49. The van der Waals surface area contributed by atoms with Gasteiger partial charge in [0.25, 0.3) is 0 Å². The fourth-order valence-corrected chi connectivity index (χ4v) is 7.77. The maximum absolute atomic E-state index is 6.77. The van der Waals surface area contributed by atoms with Crippen LogP contribution in [0, 0.1) is 0 Å². The molecule has 4 aromatic heterocycles. The van der Waals surface area contributed by atoms with E-state index >= 15 is 0 Å². The molecule has 0 fully saturated rings. The second-order valence-corrected chi connectivity index (χ2v) is 14.6. The van der Waals surface area contributed by atoms with Gasteiger partial charge in [-0.3, -0.25) is 29.7 Å². The van der Waals surface area contributed by atoms with E-state index < -0.39 is 0 Å². The first-order valence-corrected chi connectivity index (χ1v) is 20.0. The third-order valence-electron chi connectivity index (χ3n) is 10.3. The minimum Gasteiger partial charge on any atom is -0.467 e. The normalized spacial score (nSPS) is 11.5. The lowest BCUT2D eigenvalue weighted by atomic mass is 9.88. The molecular weight excluding hydrogens is 749 g/mol. The summed E-state index contributed by atoms with van der Waals surface area (Å²) in [5.41, 5.74) is 7.67. The van der Waals surface area contributed by atoms with Gasteiger partial charge in [-0.15, -0.1) is 0 Å². The summed E-state index contributed by atoms with van der Waals surface area (Å²) in [4.78, 5) is 23.5. The number of benzene rings is 4. The van der Waals surface area contributed by atoms with Gasteiger partial charge < -0.3 is 18.9 Å². The monoisotopic (exact) mass is 796 g/mol. The van der Waals surface area contributed by atoms with Crippen molar-refractivity contribution in [1.82, 2.24) is 29.7 Å². The van der Waals surface area contributed by atoms with E-state index in [1.54, 1.807) is 14.2 Å². The van der Waals surface area contributed by atoms with Gasteiger partial charge in [-0.05, 0) is 82.2 Å². The molecule has 8 rings (SSSR count). The topological polar surface area (TPSA) is 95.0 Å². The lowest BCUT2D eigenvalue weighted by Crippen LogP contribution is -2.24. The molecule has 0 bridgehead atoms. The lowest BCUT2D eigenvalue weighted by molar-refractivity contribution is 0.0487. The van der Waals surface area contributed by atoms with Gasteiger partial charge in [-0.25, -0.2) is 0 Å². The van der Waals surface area contributed by atoms with Crippen molar-refractivity contribution < 1.29 is 18.9 Å². The summed E-state index contributed by atoms with van der Waals surface area (Å²) >= 11 is 0. The molecular formula is C50H48N6O4. The number of pyridine rings is 4. The van der Waals surface area contributed by atoms with Crippen molar-refractivity contribution in [2.45, 2.75) is 39.3 Å². The second-order valence-electron chi connectivity index (χ2n) is 14.6. The number of ether oxygens (including phenoxy) is 4. The number of methoxy groups -OCH3 is 2. The number of aromatic nitrogens is 4. The predicted molar refractivity (Wildman–Crippen MR) is 235 cm³/mol. The molecule has 0 radical (unpaired) electrons. The summed E-state index contributed by atoms with van der Waals surface area (Å²) in [6.07, 6.45) is 7.35. The molecule has 4 heterocycles. The summed E-state index contributed by atoms with van der Waals surface area (Å²) in [5.74, 6) is 1.43. The second kappa shape index (κ2) is 19.9. The third kappa shape index (κ3) is 9.82.